The van der Waals surface area contributed by atoms with Crippen LogP contribution in [0.25, 0.3) is 0 Å². The first kappa shape index (κ1) is 6.95. The van der Waals surface area contributed by atoms with Crippen molar-refractivity contribution in [2.75, 3.05) is 6.54 Å². The van der Waals surface area contributed by atoms with Crippen LogP contribution in [0.1, 0.15) is 0 Å². The van der Waals surface area contributed by atoms with E-state index >= 15 is 0 Å². The van der Waals surface area contributed by atoms with Crippen LogP contribution in [-0.2, 0) is 9.59 Å². The Balaban J connectivity index is 2.59. The number of carbonyl (C=O) groups is 2. The van der Waals surface area contributed by atoms with E-state index in [0.29, 0.717) is 0 Å². The molecule has 1 atom stereocenters. The number of imide groups is 1. The Morgan fingerprint density at radius 1 is 1.60 bits per heavy atom. The number of piperazine rings is 1. The van der Waals surface area contributed by atoms with Crippen LogP contribution in [0.5, 0.6) is 0 Å². The minimum atomic E-state index is -0.419. The molecule has 0 aromatic heterocycles. The van der Waals surface area contributed by atoms with Crippen LogP contribution in [0.2, 0.25) is 0 Å². The van der Waals surface area contributed by atoms with E-state index in [-0.39, 0.29) is 18.4 Å². The zero-order chi connectivity index (χ0) is 7.56. The summed E-state index contributed by atoms with van der Waals surface area (Å²) in [4.78, 5) is 21.3. The standard InChI is InChI=1S/C6H8N2O2/c1-2-4-6(10)8-5(9)3-7-4/h2,4,7H,1,3H2,(H,8,9,10). The molecule has 1 fully saturated rings. The zero-order valence-corrected chi connectivity index (χ0v) is 5.39. The normalized spacial score (nSPS) is 25.8. The average Bonchev–Trinajstić information content (AvgIpc) is 1.88. The number of carbonyl (C=O) groups excluding carboxylic acids is 2. The Bertz CT molecular complexity index is 188. The van der Waals surface area contributed by atoms with Crippen molar-refractivity contribution in [1.29, 1.82) is 0 Å². The van der Waals surface area contributed by atoms with Gasteiger partial charge in [0.15, 0.2) is 0 Å². The minimum absolute atomic E-state index is 0.183. The van der Waals surface area contributed by atoms with Gasteiger partial charge in [0, 0.05) is 0 Å². The Morgan fingerprint density at radius 3 is 2.80 bits per heavy atom. The summed E-state index contributed by atoms with van der Waals surface area (Å²) in [5.41, 5.74) is 0. The van der Waals surface area contributed by atoms with Crippen molar-refractivity contribution >= 4 is 11.8 Å². The van der Waals surface area contributed by atoms with Crippen molar-refractivity contribution in [3.8, 4) is 0 Å². The maximum absolute atomic E-state index is 10.8. The first-order valence-corrected chi connectivity index (χ1v) is 2.93. The molecule has 2 N–H and O–H groups in total. The second kappa shape index (κ2) is 2.62. The van der Waals surface area contributed by atoms with E-state index in [4.69, 9.17) is 0 Å². The topological polar surface area (TPSA) is 58.2 Å². The van der Waals surface area contributed by atoms with Crippen molar-refractivity contribution in [3.05, 3.63) is 12.7 Å². The summed E-state index contributed by atoms with van der Waals surface area (Å²) in [5.74, 6) is -0.616. The van der Waals surface area contributed by atoms with Crippen molar-refractivity contribution in [1.82, 2.24) is 10.6 Å². The molecule has 1 unspecified atom stereocenters. The molecule has 4 nitrogen and oxygen atoms in total. The van der Waals surface area contributed by atoms with E-state index in [1.807, 2.05) is 0 Å². The molecule has 0 aromatic carbocycles. The van der Waals surface area contributed by atoms with Crippen molar-refractivity contribution in [3.63, 3.8) is 0 Å². The summed E-state index contributed by atoms with van der Waals surface area (Å²) >= 11 is 0. The van der Waals surface area contributed by atoms with Gasteiger partial charge in [0.05, 0.1) is 6.54 Å². The molecule has 1 aliphatic heterocycles. The highest BCUT2D eigenvalue weighted by atomic mass is 16.2. The van der Waals surface area contributed by atoms with Gasteiger partial charge in [-0.15, -0.1) is 6.58 Å². The van der Waals surface area contributed by atoms with Crippen LogP contribution in [-0.4, -0.2) is 24.4 Å². The molecular formula is C6H8N2O2. The molecular weight excluding hydrogens is 132 g/mol. The summed E-state index contributed by atoms with van der Waals surface area (Å²) in [7, 11) is 0. The van der Waals surface area contributed by atoms with Crippen molar-refractivity contribution < 1.29 is 9.59 Å². The lowest BCUT2D eigenvalue weighted by molar-refractivity contribution is -0.133. The summed E-state index contributed by atoms with van der Waals surface area (Å²) < 4.78 is 0. The van der Waals surface area contributed by atoms with Gasteiger partial charge >= 0.3 is 0 Å². The Kier molecular flexibility index (Phi) is 1.82. The van der Waals surface area contributed by atoms with Gasteiger partial charge in [0.2, 0.25) is 11.8 Å². The molecule has 54 valence electrons. The predicted octanol–water partition coefficient (Wildman–Crippen LogP) is -1.21. The second-order valence-corrected chi connectivity index (χ2v) is 2.01. The average molecular weight is 140 g/mol. The number of amides is 2. The number of hydrogen-bond donors (Lipinski definition) is 2. The van der Waals surface area contributed by atoms with Crippen LogP contribution in [0.4, 0.5) is 0 Å². The van der Waals surface area contributed by atoms with Crippen LogP contribution in [0.3, 0.4) is 0 Å². The van der Waals surface area contributed by atoms with E-state index < -0.39 is 6.04 Å². The highest BCUT2D eigenvalue weighted by molar-refractivity contribution is 6.01. The Hall–Kier alpha value is -1.16. The van der Waals surface area contributed by atoms with E-state index in [0.717, 1.165) is 0 Å². The molecule has 1 heterocycles. The first-order chi connectivity index (χ1) is 4.74. The molecule has 2 amide bonds. The Labute approximate surface area is 58.3 Å². The maximum Gasteiger partial charge on any atom is 0.247 e. The molecule has 0 aliphatic carbocycles. The minimum Gasteiger partial charge on any atom is -0.294 e. The Morgan fingerprint density at radius 2 is 2.30 bits per heavy atom. The summed E-state index contributed by atoms with van der Waals surface area (Å²) in [6.07, 6.45) is 1.46. The van der Waals surface area contributed by atoms with E-state index in [9.17, 15) is 9.59 Å². The fraction of sp³-hybridized carbons (Fsp3) is 0.333. The zero-order valence-electron chi connectivity index (χ0n) is 5.39. The molecule has 0 radical (unpaired) electrons. The number of rotatable bonds is 1. The molecule has 0 bridgehead atoms. The van der Waals surface area contributed by atoms with Gasteiger partial charge < -0.3 is 0 Å². The SMILES string of the molecule is C=CC1NCC(=O)NC1=O. The van der Waals surface area contributed by atoms with Crippen molar-refractivity contribution in [2.45, 2.75) is 6.04 Å². The van der Waals surface area contributed by atoms with Crippen LogP contribution < -0.4 is 10.6 Å². The fourth-order valence-corrected chi connectivity index (χ4v) is 0.745. The fourth-order valence-electron chi connectivity index (χ4n) is 0.745. The highest BCUT2D eigenvalue weighted by Crippen LogP contribution is 1.89. The quantitative estimate of drug-likeness (QED) is 0.355. The third kappa shape index (κ3) is 1.22. The van der Waals surface area contributed by atoms with Gasteiger partial charge in [-0.25, -0.2) is 0 Å². The lowest BCUT2D eigenvalue weighted by Crippen LogP contribution is -2.55. The molecule has 1 saturated heterocycles. The number of nitrogens with one attached hydrogen (secondary N) is 2. The van der Waals surface area contributed by atoms with E-state index in [1.54, 1.807) is 0 Å². The largest absolute Gasteiger partial charge is 0.294 e. The second-order valence-electron chi connectivity index (χ2n) is 2.01. The maximum atomic E-state index is 10.8. The summed E-state index contributed by atoms with van der Waals surface area (Å²) in [6.45, 7) is 3.61. The third-order valence-electron chi connectivity index (χ3n) is 1.26. The van der Waals surface area contributed by atoms with Gasteiger partial charge in [-0.1, -0.05) is 6.08 Å². The molecule has 0 spiro atoms. The summed E-state index contributed by atoms with van der Waals surface area (Å²) in [6, 6.07) is -0.419. The van der Waals surface area contributed by atoms with Crippen LogP contribution in [0.15, 0.2) is 12.7 Å². The molecule has 10 heavy (non-hydrogen) atoms. The molecule has 0 saturated carbocycles. The third-order valence-corrected chi connectivity index (χ3v) is 1.26. The van der Waals surface area contributed by atoms with Gasteiger partial charge in [0.25, 0.3) is 0 Å². The first-order valence-electron chi connectivity index (χ1n) is 2.93. The van der Waals surface area contributed by atoms with Crippen LogP contribution in [0, 0.1) is 0 Å². The monoisotopic (exact) mass is 140 g/mol. The highest BCUT2D eigenvalue weighted by Gasteiger charge is 2.22. The number of hydrogen-bond acceptors (Lipinski definition) is 3. The summed E-state index contributed by atoms with van der Waals surface area (Å²) in [5, 5.41) is 4.86. The molecule has 0 aromatic rings. The molecule has 1 rings (SSSR count). The van der Waals surface area contributed by atoms with E-state index in [2.05, 4.69) is 17.2 Å². The van der Waals surface area contributed by atoms with Gasteiger partial charge in [-0.05, 0) is 0 Å². The predicted molar refractivity (Wildman–Crippen MR) is 35.1 cm³/mol. The lowest BCUT2D eigenvalue weighted by Gasteiger charge is -2.18. The lowest BCUT2D eigenvalue weighted by atomic mass is 10.2. The molecule has 1 aliphatic rings. The van der Waals surface area contributed by atoms with E-state index in [1.165, 1.54) is 6.08 Å². The molecule has 4 heteroatoms. The van der Waals surface area contributed by atoms with Gasteiger partial charge in [-0.3, -0.25) is 20.2 Å². The van der Waals surface area contributed by atoms with Crippen molar-refractivity contribution in [2.24, 2.45) is 0 Å². The van der Waals surface area contributed by atoms with Gasteiger partial charge in [0.1, 0.15) is 6.04 Å². The van der Waals surface area contributed by atoms with Crippen LogP contribution >= 0.6 is 0 Å². The smallest absolute Gasteiger partial charge is 0.247 e. The van der Waals surface area contributed by atoms with Gasteiger partial charge in [-0.2, -0.15) is 0 Å².